The monoisotopic (exact) mass is 357 g/mol. The van der Waals surface area contributed by atoms with Crippen LogP contribution in [0.1, 0.15) is 25.7 Å². The van der Waals surface area contributed by atoms with E-state index in [0.29, 0.717) is 18.9 Å². The van der Waals surface area contributed by atoms with E-state index >= 15 is 0 Å². The van der Waals surface area contributed by atoms with Gasteiger partial charge in [-0.25, -0.2) is 0 Å². The van der Waals surface area contributed by atoms with Crippen molar-refractivity contribution < 1.29 is 14.3 Å². The summed E-state index contributed by atoms with van der Waals surface area (Å²) in [5.41, 5.74) is 0. The van der Waals surface area contributed by atoms with Crippen LogP contribution in [0, 0.1) is 5.92 Å². The van der Waals surface area contributed by atoms with Gasteiger partial charge in [-0.15, -0.1) is 0 Å². The molecule has 1 aromatic heterocycles. The molecule has 1 saturated heterocycles. The van der Waals surface area contributed by atoms with Gasteiger partial charge in [0.2, 0.25) is 5.91 Å². The lowest BCUT2D eigenvalue weighted by atomic mass is 9.98. The third-order valence-electron chi connectivity index (χ3n) is 4.74. The Kier molecular flexibility index (Phi) is 6.52. The smallest absolute Gasteiger partial charge is 0.222 e. The number of aromatic nitrogens is 2. The first-order chi connectivity index (χ1) is 12.7. The minimum atomic E-state index is 0.239. The lowest BCUT2D eigenvalue weighted by Gasteiger charge is -2.32. The second kappa shape index (κ2) is 9.27. The third-order valence-corrected chi connectivity index (χ3v) is 4.74. The summed E-state index contributed by atoms with van der Waals surface area (Å²) >= 11 is 0. The molecule has 0 unspecified atom stereocenters. The normalized spacial score (nSPS) is 17.1. The molecule has 0 radical (unpaired) electrons. The minimum Gasteiger partial charge on any atom is -0.497 e. The van der Waals surface area contributed by atoms with Crippen LogP contribution in [-0.4, -0.2) is 47.4 Å². The van der Waals surface area contributed by atoms with Crippen molar-refractivity contribution in [3.8, 4) is 11.5 Å². The summed E-state index contributed by atoms with van der Waals surface area (Å²) in [4.78, 5) is 14.5. The molecular weight excluding hydrogens is 330 g/mol. The Morgan fingerprint density at radius 3 is 3.00 bits per heavy atom. The van der Waals surface area contributed by atoms with Crippen LogP contribution in [0.5, 0.6) is 11.5 Å². The number of methoxy groups -OCH3 is 1. The van der Waals surface area contributed by atoms with Gasteiger partial charge in [-0.1, -0.05) is 6.07 Å². The second-order valence-electron chi connectivity index (χ2n) is 6.71. The lowest BCUT2D eigenvalue weighted by Crippen LogP contribution is -2.41. The summed E-state index contributed by atoms with van der Waals surface area (Å²) < 4.78 is 13.0. The Morgan fingerprint density at radius 2 is 2.19 bits per heavy atom. The standard InChI is InChI=1S/C20H27N3O3/c1-25-18-7-2-8-19(14-18)26-16-17-6-3-11-22(15-17)20(24)9-4-12-23-13-5-10-21-23/h2,5,7-8,10,13-14,17H,3-4,6,9,11-12,15-16H2,1H3/t17-/m0/s1. The van der Waals surface area contributed by atoms with Gasteiger partial charge in [0.25, 0.3) is 0 Å². The van der Waals surface area contributed by atoms with E-state index in [1.165, 1.54) is 0 Å². The maximum Gasteiger partial charge on any atom is 0.222 e. The largest absolute Gasteiger partial charge is 0.497 e. The molecule has 0 aliphatic carbocycles. The van der Waals surface area contributed by atoms with Crippen molar-refractivity contribution >= 4 is 5.91 Å². The Labute approximate surface area is 154 Å². The van der Waals surface area contributed by atoms with Gasteiger partial charge in [-0.3, -0.25) is 9.48 Å². The summed E-state index contributed by atoms with van der Waals surface area (Å²) in [6.07, 6.45) is 7.22. The molecule has 1 amide bonds. The van der Waals surface area contributed by atoms with Gasteiger partial charge >= 0.3 is 0 Å². The van der Waals surface area contributed by atoms with Gasteiger partial charge in [-0.05, 0) is 37.5 Å². The Bertz CT molecular complexity index is 687. The highest BCUT2D eigenvalue weighted by molar-refractivity contribution is 5.76. The number of carbonyl (C=O) groups excluding carboxylic acids is 1. The average Bonchev–Trinajstić information content (AvgIpc) is 3.20. The van der Waals surface area contributed by atoms with Crippen molar-refractivity contribution in [1.82, 2.24) is 14.7 Å². The van der Waals surface area contributed by atoms with Crippen molar-refractivity contribution in [2.75, 3.05) is 26.8 Å². The van der Waals surface area contributed by atoms with Crippen LogP contribution in [0.4, 0.5) is 0 Å². The zero-order valence-electron chi connectivity index (χ0n) is 15.3. The Morgan fingerprint density at radius 1 is 1.31 bits per heavy atom. The number of likely N-dealkylation sites (tertiary alicyclic amines) is 1. The predicted octanol–water partition coefficient (Wildman–Crippen LogP) is 2.99. The molecule has 140 valence electrons. The van der Waals surface area contributed by atoms with E-state index in [0.717, 1.165) is 50.4 Å². The summed E-state index contributed by atoms with van der Waals surface area (Å²) in [5.74, 6) is 2.22. The van der Waals surface area contributed by atoms with Crippen molar-refractivity contribution in [1.29, 1.82) is 0 Å². The molecule has 6 nitrogen and oxygen atoms in total. The molecule has 1 aromatic carbocycles. The third kappa shape index (κ3) is 5.25. The number of piperidine rings is 1. The molecular formula is C20H27N3O3. The van der Waals surface area contributed by atoms with E-state index in [-0.39, 0.29) is 5.91 Å². The van der Waals surface area contributed by atoms with Crippen LogP contribution >= 0.6 is 0 Å². The number of rotatable bonds is 8. The fraction of sp³-hybridized carbons (Fsp3) is 0.500. The maximum absolute atomic E-state index is 12.5. The van der Waals surface area contributed by atoms with Crippen LogP contribution in [0.25, 0.3) is 0 Å². The molecule has 2 aromatic rings. The molecule has 26 heavy (non-hydrogen) atoms. The van der Waals surface area contributed by atoms with Crippen LogP contribution < -0.4 is 9.47 Å². The SMILES string of the molecule is COc1cccc(OC[C@H]2CCCN(C(=O)CCCn3cccn3)C2)c1. The molecule has 1 aliphatic heterocycles. The average molecular weight is 357 g/mol. The highest BCUT2D eigenvalue weighted by Gasteiger charge is 2.23. The van der Waals surface area contributed by atoms with Gasteiger partial charge < -0.3 is 14.4 Å². The van der Waals surface area contributed by atoms with E-state index < -0.39 is 0 Å². The molecule has 1 aliphatic rings. The number of hydrogen-bond acceptors (Lipinski definition) is 4. The summed E-state index contributed by atoms with van der Waals surface area (Å²) in [6.45, 7) is 3.06. The molecule has 1 atom stereocenters. The highest BCUT2D eigenvalue weighted by Crippen LogP contribution is 2.22. The number of carbonyl (C=O) groups is 1. The van der Waals surface area contributed by atoms with Crippen molar-refractivity contribution in [3.63, 3.8) is 0 Å². The fourth-order valence-electron chi connectivity index (χ4n) is 3.32. The minimum absolute atomic E-state index is 0.239. The first-order valence-electron chi connectivity index (χ1n) is 9.26. The van der Waals surface area contributed by atoms with Crippen LogP contribution in [0.15, 0.2) is 42.7 Å². The molecule has 0 spiro atoms. The van der Waals surface area contributed by atoms with Crippen LogP contribution in [0.2, 0.25) is 0 Å². The van der Waals surface area contributed by atoms with E-state index in [9.17, 15) is 4.79 Å². The molecule has 3 rings (SSSR count). The first kappa shape index (κ1) is 18.3. The van der Waals surface area contributed by atoms with Gasteiger partial charge in [0.15, 0.2) is 0 Å². The van der Waals surface area contributed by atoms with Crippen molar-refractivity contribution in [2.45, 2.75) is 32.2 Å². The molecule has 2 heterocycles. The number of benzene rings is 1. The number of aryl methyl sites for hydroxylation is 1. The topological polar surface area (TPSA) is 56.6 Å². The predicted molar refractivity (Wildman–Crippen MR) is 99.3 cm³/mol. The number of hydrogen-bond donors (Lipinski definition) is 0. The van der Waals surface area contributed by atoms with E-state index in [1.807, 2.05) is 46.1 Å². The van der Waals surface area contributed by atoms with E-state index in [2.05, 4.69) is 5.10 Å². The number of ether oxygens (including phenoxy) is 2. The lowest BCUT2D eigenvalue weighted by molar-refractivity contribution is -0.133. The van der Waals surface area contributed by atoms with E-state index in [1.54, 1.807) is 13.3 Å². The zero-order valence-corrected chi connectivity index (χ0v) is 15.3. The van der Waals surface area contributed by atoms with Crippen LogP contribution in [-0.2, 0) is 11.3 Å². The molecule has 0 bridgehead atoms. The molecule has 1 fully saturated rings. The van der Waals surface area contributed by atoms with Gasteiger partial charge in [-0.2, -0.15) is 5.10 Å². The number of nitrogens with zero attached hydrogens (tertiary/aromatic N) is 3. The zero-order chi connectivity index (χ0) is 18.2. The highest BCUT2D eigenvalue weighted by atomic mass is 16.5. The van der Waals surface area contributed by atoms with E-state index in [4.69, 9.17) is 9.47 Å². The van der Waals surface area contributed by atoms with Crippen molar-refractivity contribution in [3.05, 3.63) is 42.7 Å². The van der Waals surface area contributed by atoms with Crippen LogP contribution in [0.3, 0.4) is 0 Å². The second-order valence-corrected chi connectivity index (χ2v) is 6.71. The molecule has 6 heteroatoms. The molecule has 0 N–H and O–H groups in total. The first-order valence-corrected chi connectivity index (χ1v) is 9.26. The van der Waals surface area contributed by atoms with Crippen molar-refractivity contribution in [2.24, 2.45) is 5.92 Å². The summed E-state index contributed by atoms with van der Waals surface area (Å²) in [6, 6.07) is 9.55. The van der Waals surface area contributed by atoms with Gasteiger partial charge in [0, 0.05) is 50.4 Å². The molecule has 0 saturated carbocycles. The fourth-order valence-corrected chi connectivity index (χ4v) is 3.32. The summed E-state index contributed by atoms with van der Waals surface area (Å²) in [7, 11) is 1.65. The maximum atomic E-state index is 12.5. The summed E-state index contributed by atoms with van der Waals surface area (Å²) in [5, 5.41) is 4.17. The Hall–Kier alpha value is -2.50. The Balaban J connectivity index is 1.42. The number of amides is 1. The quantitative estimate of drug-likeness (QED) is 0.729. The van der Waals surface area contributed by atoms with Gasteiger partial charge in [0.1, 0.15) is 11.5 Å². The van der Waals surface area contributed by atoms with Gasteiger partial charge in [0.05, 0.1) is 13.7 Å².